The van der Waals surface area contributed by atoms with E-state index in [4.69, 9.17) is 0 Å². The van der Waals surface area contributed by atoms with E-state index in [9.17, 15) is 14.0 Å². The molecule has 146 valence electrons. The molecule has 0 aliphatic heterocycles. The number of nitrogens with zero attached hydrogens (tertiary/aromatic N) is 1. The zero-order valence-corrected chi connectivity index (χ0v) is 16.3. The second-order valence-electron chi connectivity index (χ2n) is 6.53. The van der Waals surface area contributed by atoms with E-state index in [0.717, 1.165) is 15.8 Å². The summed E-state index contributed by atoms with van der Waals surface area (Å²) >= 11 is 1.37. The Bertz CT molecular complexity index is 1200. The third kappa shape index (κ3) is 4.17. The SMILES string of the molecule is Cc1ccccc1C(=O)Nc1[nH]nc2sc(CC(=O)Nc3ccc(F)cc3)cc12. The number of thiophene rings is 1. The number of aromatic nitrogens is 2. The average Bonchev–Trinajstić information content (AvgIpc) is 3.25. The topological polar surface area (TPSA) is 86.9 Å². The van der Waals surface area contributed by atoms with Gasteiger partial charge in [0.2, 0.25) is 5.91 Å². The average molecular weight is 408 g/mol. The number of halogens is 1. The van der Waals surface area contributed by atoms with Crippen LogP contribution >= 0.6 is 11.3 Å². The van der Waals surface area contributed by atoms with Gasteiger partial charge in [-0.3, -0.25) is 14.7 Å². The molecule has 2 amide bonds. The highest BCUT2D eigenvalue weighted by molar-refractivity contribution is 7.18. The number of aryl methyl sites for hydroxylation is 1. The van der Waals surface area contributed by atoms with Crippen molar-refractivity contribution in [2.75, 3.05) is 10.6 Å². The van der Waals surface area contributed by atoms with Crippen molar-refractivity contribution in [3.63, 3.8) is 0 Å². The molecule has 2 heterocycles. The Kier molecular flexibility index (Phi) is 5.09. The Morgan fingerprint density at radius 2 is 1.86 bits per heavy atom. The van der Waals surface area contributed by atoms with Gasteiger partial charge in [-0.2, -0.15) is 5.10 Å². The van der Waals surface area contributed by atoms with Crippen LogP contribution in [0.15, 0.2) is 54.6 Å². The van der Waals surface area contributed by atoms with E-state index in [1.54, 1.807) is 6.07 Å². The Balaban J connectivity index is 1.47. The summed E-state index contributed by atoms with van der Waals surface area (Å²) in [6, 6.07) is 14.8. The molecule has 2 aromatic heterocycles. The summed E-state index contributed by atoms with van der Waals surface area (Å²) in [5.74, 6) is -0.303. The summed E-state index contributed by atoms with van der Waals surface area (Å²) in [7, 11) is 0. The molecule has 6 nitrogen and oxygen atoms in total. The Hall–Kier alpha value is -3.52. The first-order chi connectivity index (χ1) is 14.0. The third-order valence-corrected chi connectivity index (χ3v) is 5.42. The highest BCUT2D eigenvalue weighted by Gasteiger charge is 2.16. The highest BCUT2D eigenvalue weighted by Crippen LogP contribution is 2.30. The normalized spacial score (nSPS) is 10.8. The van der Waals surface area contributed by atoms with Crippen LogP contribution in [0.25, 0.3) is 10.2 Å². The number of amides is 2. The van der Waals surface area contributed by atoms with E-state index in [-0.39, 0.29) is 24.1 Å². The number of benzene rings is 2. The number of hydrogen-bond acceptors (Lipinski definition) is 4. The Morgan fingerprint density at radius 3 is 2.62 bits per heavy atom. The van der Waals surface area contributed by atoms with Gasteiger partial charge < -0.3 is 10.6 Å². The maximum Gasteiger partial charge on any atom is 0.257 e. The molecule has 4 rings (SSSR count). The van der Waals surface area contributed by atoms with E-state index >= 15 is 0 Å². The molecule has 8 heteroatoms. The lowest BCUT2D eigenvalue weighted by molar-refractivity contribution is -0.115. The van der Waals surface area contributed by atoms with Gasteiger partial charge in [-0.15, -0.1) is 11.3 Å². The van der Waals surface area contributed by atoms with Crippen LogP contribution in [0, 0.1) is 12.7 Å². The fourth-order valence-corrected chi connectivity index (χ4v) is 3.94. The summed E-state index contributed by atoms with van der Waals surface area (Å²) in [6.07, 6.45) is 0.156. The molecule has 4 aromatic rings. The number of rotatable bonds is 5. The molecule has 0 fully saturated rings. The number of anilines is 2. The maximum absolute atomic E-state index is 13.0. The molecule has 29 heavy (non-hydrogen) atoms. The molecule has 0 spiro atoms. The number of hydrogen-bond donors (Lipinski definition) is 3. The van der Waals surface area contributed by atoms with E-state index in [2.05, 4.69) is 20.8 Å². The van der Waals surface area contributed by atoms with Crippen LogP contribution in [-0.4, -0.2) is 22.0 Å². The number of fused-ring (bicyclic) bond motifs is 1. The van der Waals surface area contributed by atoms with Gasteiger partial charge in [0.15, 0.2) is 0 Å². The van der Waals surface area contributed by atoms with Crippen molar-refractivity contribution >= 4 is 44.9 Å². The molecule has 0 radical (unpaired) electrons. The molecule has 0 aliphatic carbocycles. The second kappa shape index (κ2) is 7.84. The molecule has 0 bridgehead atoms. The van der Waals surface area contributed by atoms with E-state index < -0.39 is 0 Å². The minimum absolute atomic E-state index is 0.156. The van der Waals surface area contributed by atoms with Crippen LogP contribution in [0.4, 0.5) is 15.9 Å². The fraction of sp³-hybridized carbons (Fsp3) is 0.0952. The number of aromatic amines is 1. The monoisotopic (exact) mass is 408 g/mol. The third-order valence-electron chi connectivity index (χ3n) is 4.39. The lowest BCUT2D eigenvalue weighted by Gasteiger charge is -2.05. The van der Waals surface area contributed by atoms with Crippen molar-refractivity contribution in [1.29, 1.82) is 0 Å². The van der Waals surface area contributed by atoms with Gasteiger partial charge in [0, 0.05) is 16.1 Å². The van der Waals surface area contributed by atoms with Crippen molar-refractivity contribution in [2.24, 2.45) is 0 Å². The predicted octanol–water partition coefficient (Wildman–Crippen LogP) is 4.51. The molecule has 3 N–H and O–H groups in total. The van der Waals surface area contributed by atoms with Crippen molar-refractivity contribution in [3.05, 3.63) is 76.4 Å². The van der Waals surface area contributed by atoms with E-state index in [1.165, 1.54) is 35.6 Å². The van der Waals surface area contributed by atoms with Gasteiger partial charge in [-0.1, -0.05) is 18.2 Å². The minimum atomic E-state index is -0.359. The summed E-state index contributed by atoms with van der Waals surface area (Å²) in [5.41, 5.74) is 2.00. The van der Waals surface area contributed by atoms with Crippen molar-refractivity contribution < 1.29 is 14.0 Å². The van der Waals surface area contributed by atoms with Gasteiger partial charge in [0.1, 0.15) is 16.5 Å². The first-order valence-corrected chi connectivity index (χ1v) is 9.70. The highest BCUT2D eigenvalue weighted by atomic mass is 32.1. The number of carbonyl (C=O) groups excluding carboxylic acids is 2. The van der Waals surface area contributed by atoms with Gasteiger partial charge in [0.25, 0.3) is 5.91 Å². The molecule has 2 aromatic carbocycles. The van der Waals surface area contributed by atoms with Crippen LogP contribution < -0.4 is 10.6 Å². The van der Waals surface area contributed by atoms with Gasteiger partial charge in [-0.05, 0) is 48.9 Å². The van der Waals surface area contributed by atoms with Crippen LogP contribution in [0.2, 0.25) is 0 Å². The van der Waals surface area contributed by atoms with E-state index in [1.807, 2.05) is 31.2 Å². The molecule has 0 unspecified atom stereocenters. The van der Waals surface area contributed by atoms with Crippen molar-refractivity contribution in [2.45, 2.75) is 13.3 Å². The molecular formula is C21H17FN4O2S. The summed E-state index contributed by atoms with van der Waals surface area (Å²) in [6.45, 7) is 1.87. The summed E-state index contributed by atoms with van der Waals surface area (Å²) in [4.78, 5) is 26.3. The van der Waals surface area contributed by atoms with Crippen LogP contribution in [0.5, 0.6) is 0 Å². The lowest BCUT2D eigenvalue weighted by atomic mass is 10.1. The quantitative estimate of drug-likeness (QED) is 0.454. The fourth-order valence-electron chi connectivity index (χ4n) is 2.95. The first kappa shape index (κ1) is 18.8. The molecule has 0 aliphatic rings. The van der Waals surface area contributed by atoms with Crippen LogP contribution in [-0.2, 0) is 11.2 Å². The van der Waals surface area contributed by atoms with Gasteiger partial charge in [0.05, 0.1) is 11.8 Å². The van der Waals surface area contributed by atoms with Crippen LogP contribution in [0.1, 0.15) is 20.8 Å². The molecular weight excluding hydrogens is 391 g/mol. The smallest absolute Gasteiger partial charge is 0.257 e. The molecule has 0 saturated carbocycles. The Morgan fingerprint density at radius 1 is 1.10 bits per heavy atom. The van der Waals surface area contributed by atoms with E-state index in [0.29, 0.717) is 21.9 Å². The minimum Gasteiger partial charge on any atom is -0.326 e. The largest absolute Gasteiger partial charge is 0.326 e. The van der Waals surface area contributed by atoms with Gasteiger partial charge >= 0.3 is 0 Å². The zero-order chi connectivity index (χ0) is 20.4. The number of carbonyl (C=O) groups is 2. The van der Waals surface area contributed by atoms with Crippen LogP contribution in [0.3, 0.4) is 0 Å². The lowest BCUT2D eigenvalue weighted by Crippen LogP contribution is -2.14. The van der Waals surface area contributed by atoms with Crippen molar-refractivity contribution in [3.8, 4) is 0 Å². The van der Waals surface area contributed by atoms with Gasteiger partial charge in [-0.25, -0.2) is 4.39 Å². The zero-order valence-electron chi connectivity index (χ0n) is 15.5. The number of H-pyrrole nitrogens is 1. The van der Waals surface area contributed by atoms with Crippen molar-refractivity contribution in [1.82, 2.24) is 10.2 Å². The maximum atomic E-state index is 13.0. The summed E-state index contributed by atoms with van der Waals surface area (Å²) in [5, 5.41) is 13.4. The molecule has 0 saturated heterocycles. The predicted molar refractivity (Wildman–Crippen MR) is 112 cm³/mol. The Labute approximate surface area is 169 Å². The first-order valence-electron chi connectivity index (χ1n) is 8.89. The summed E-state index contributed by atoms with van der Waals surface area (Å²) < 4.78 is 13.0. The number of nitrogens with one attached hydrogen (secondary N) is 3. The second-order valence-corrected chi connectivity index (χ2v) is 7.65. The standard InChI is InChI=1S/C21H17FN4O2S/c1-12-4-2-3-5-16(12)20(28)24-19-17-10-15(29-21(17)26-25-19)11-18(27)23-14-8-6-13(22)7-9-14/h2-10H,11H2,1H3,(H,23,27)(H2,24,25,26,28). The molecule has 0 atom stereocenters.